The van der Waals surface area contributed by atoms with Crippen LogP contribution in [-0.4, -0.2) is 33.5 Å². The monoisotopic (exact) mass is 375 g/mol. The average Bonchev–Trinajstić information content (AvgIpc) is 2.47. The highest BCUT2D eigenvalue weighted by atomic mass is 35.5. The van der Waals surface area contributed by atoms with Gasteiger partial charge in [-0.25, -0.2) is 13.1 Å². The number of anilines is 1. The molecule has 1 atom stereocenters. The maximum atomic E-state index is 12.4. The number of rotatable bonds is 5. The van der Waals surface area contributed by atoms with Crippen LogP contribution in [0.3, 0.4) is 0 Å². The van der Waals surface area contributed by atoms with Crippen LogP contribution in [0.4, 0.5) is 5.69 Å². The van der Waals surface area contributed by atoms with Crippen LogP contribution in [0, 0.1) is 5.41 Å². The van der Waals surface area contributed by atoms with Crippen molar-refractivity contribution in [1.29, 1.82) is 0 Å². The summed E-state index contributed by atoms with van der Waals surface area (Å²) in [6, 6.07) is 6.07. The van der Waals surface area contributed by atoms with Gasteiger partial charge in [0.25, 0.3) is 0 Å². The molecular formula is C16H26ClN3O3S. The van der Waals surface area contributed by atoms with Gasteiger partial charge in [0.15, 0.2) is 0 Å². The Kier molecular flexibility index (Phi) is 7.22. The van der Waals surface area contributed by atoms with Crippen LogP contribution in [0.25, 0.3) is 0 Å². The van der Waals surface area contributed by atoms with Crippen molar-refractivity contribution in [3.05, 3.63) is 24.3 Å². The minimum atomic E-state index is -3.51. The fraction of sp³-hybridized carbons (Fsp3) is 0.562. The Morgan fingerprint density at radius 3 is 2.38 bits per heavy atom. The van der Waals surface area contributed by atoms with E-state index in [9.17, 15) is 13.2 Å². The fourth-order valence-corrected chi connectivity index (χ4v) is 3.88. The molecule has 1 fully saturated rings. The molecule has 2 rings (SSSR count). The molecule has 0 aliphatic carbocycles. The van der Waals surface area contributed by atoms with E-state index in [1.54, 1.807) is 26.0 Å². The number of carbonyl (C=O) groups is 1. The number of nitrogens with one attached hydrogen (secondary N) is 3. The molecule has 1 aromatic rings. The average molecular weight is 376 g/mol. The molecule has 3 N–H and O–H groups in total. The molecule has 1 aliphatic heterocycles. The van der Waals surface area contributed by atoms with Crippen molar-refractivity contribution in [1.82, 2.24) is 10.0 Å². The second kappa shape index (κ2) is 8.29. The molecule has 1 amide bonds. The summed E-state index contributed by atoms with van der Waals surface area (Å²) < 4.78 is 26.7. The summed E-state index contributed by atoms with van der Waals surface area (Å²) in [5.41, 5.74) is 0.174. The van der Waals surface area contributed by atoms with Gasteiger partial charge >= 0.3 is 0 Å². The third-order valence-electron chi connectivity index (χ3n) is 3.96. The molecule has 1 aromatic carbocycles. The summed E-state index contributed by atoms with van der Waals surface area (Å²) in [6.45, 7) is 7.08. The number of halogens is 1. The molecule has 8 heteroatoms. The van der Waals surface area contributed by atoms with E-state index in [0.29, 0.717) is 12.2 Å². The summed E-state index contributed by atoms with van der Waals surface area (Å²) in [6.07, 6.45) is 1.82. The van der Waals surface area contributed by atoms with E-state index in [-0.39, 0.29) is 29.3 Å². The van der Waals surface area contributed by atoms with E-state index in [1.807, 2.05) is 6.92 Å². The highest BCUT2D eigenvalue weighted by molar-refractivity contribution is 7.89. The smallest absolute Gasteiger partial charge is 0.240 e. The zero-order valence-electron chi connectivity index (χ0n) is 14.3. The Morgan fingerprint density at radius 1 is 1.25 bits per heavy atom. The molecule has 0 bridgehead atoms. The van der Waals surface area contributed by atoms with E-state index in [4.69, 9.17) is 0 Å². The topological polar surface area (TPSA) is 87.3 Å². The fourth-order valence-electron chi connectivity index (χ4n) is 2.63. The van der Waals surface area contributed by atoms with Crippen LogP contribution >= 0.6 is 12.4 Å². The van der Waals surface area contributed by atoms with Crippen molar-refractivity contribution >= 4 is 34.0 Å². The summed E-state index contributed by atoms with van der Waals surface area (Å²) in [5, 5.41) is 6.12. The predicted octanol–water partition coefficient (Wildman–Crippen LogP) is 2.12. The standard InChI is InChI=1S/C16H25N3O3S.ClH/c1-12(2)19-23(21,22)14-7-5-13(6-8-14)18-15(20)16(3)9-4-10-17-11-16;/h5-8,12,17,19H,4,9-11H2,1-3H3,(H,18,20);1H. The Balaban J connectivity index is 0.00000288. The number of carbonyl (C=O) groups excluding carboxylic acids is 1. The first-order chi connectivity index (χ1) is 10.7. The SMILES string of the molecule is CC(C)NS(=O)(=O)c1ccc(NC(=O)C2(C)CCCNC2)cc1.Cl. The maximum Gasteiger partial charge on any atom is 0.240 e. The number of piperidine rings is 1. The van der Waals surface area contributed by atoms with Gasteiger partial charge in [0.1, 0.15) is 0 Å². The lowest BCUT2D eigenvalue weighted by Crippen LogP contribution is -2.46. The number of sulfonamides is 1. The maximum absolute atomic E-state index is 12.4. The minimum Gasteiger partial charge on any atom is -0.326 e. The zero-order valence-corrected chi connectivity index (χ0v) is 15.9. The van der Waals surface area contributed by atoms with Crippen LogP contribution in [-0.2, 0) is 14.8 Å². The molecule has 136 valence electrons. The molecular weight excluding hydrogens is 350 g/mol. The molecule has 1 aliphatic rings. The first-order valence-electron chi connectivity index (χ1n) is 7.87. The summed E-state index contributed by atoms with van der Waals surface area (Å²) in [7, 11) is -3.51. The molecule has 1 saturated heterocycles. The van der Waals surface area contributed by atoms with Crippen molar-refractivity contribution in [3.63, 3.8) is 0 Å². The quantitative estimate of drug-likeness (QED) is 0.735. The number of hydrogen-bond acceptors (Lipinski definition) is 4. The summed E-state index contributed by atoms with van der Waals surface area (Å²) in [4.78, 5) is 12.6. The highest BCUT2D eigenvalue weighted by Gasteiger charge is 2.34. The molecule has 0 radical (unpaired) electrons. The van der Waals surface area contributed by atoms with E-state index < -0.39 is 15.4 Å². The van der Waals surface area contributed by atoms with E-state index in [2.05, 4.69) is 15.4 Å². The lowest BCUT2D eigenvalue weighted by atomic mass is 9.82. The second-order valence-electron chi connectivity index (χ2n) is 6.60. The van der Waals surface area contributed by atoms with Crippen LogP contribution in [0.15, 0.2) is 29.2 Å². The largest absolute Gasteiger partial charge is 0.326 e. The minimum absolute atomic E-state index is 0. The Labute approximate surface area is 150 Å². The van der Waals surface area contributed by atoms with Gasteiger partial charge in [-0.05, 0) is 64.4 Å². The summed E-state index contributed by atoms with van der Waals surface area (Å²) >= 11 is 0. The first kappa shape index (κ1) is 20.9. The van der Waals surface area contributed by atoms with Gasteiger partial charge in [-0.15, -0.1) is 12.4 Å². The molecule has 0 saturated carbocycles. The third-order valence-corrected chi connectivity index (χ3v) is 5.63. The van der Waals surface area contributed by atoms with Crippen molar-refractivity contribution in [2.45, 2.75) is 44.6 Å². The number of hydrogen-bond donors (Lipinski definition) is 3. The highest BCUT2D eigenvalue weighted by Crippen LogP contribution is 2.27. The summed E-state index contributed by atoms with van der Waals surface area (Å²) in [5.74, 6) is -0.0411. The second-order valence-corrected chi connectivity index (χ2v) is 8.31. The molecule has 1 unspecified atom stereocenters. The van der Waals surface area contributed by atoms with Gasteiger partial charge in [-0.3, -0.25) is 4.79 Å². The lowest BCUT2D eigenvalue weighted by Gasteiger charge is -2.32. The van der Waals surface area contributed by atoms with E-state index >= 15 is 0 Å². The Morgan fingerprint density at radius 2 is 1.88 bits per heavy atom. The third kappa shape index (κ3) is 5.17. The van der Waals surface area contributed by atoms with Crippen molar-refractivity contribution in [2.24, 2.45) is 5.41 Å². The zero-order chi connectivity index (χ0) is 17.1. The van der Waals surface area contributed by atoms with Gasteiger partial charge in [-0.2, -0.15) is 0 Å². The van der Waals surface area contributed by atoms with Gasteiger partial charge in [-0.1, -0.05) is 0 Å². The van der Waals surface area contributed by atoms with Crippen molar-refractivity contribution < 1.29 is 13.2 Å². The van der Waals surface area contributed by atoms with Crippen molar-refractivity contribution in [3.8, 4) is 0 Å². The molecule has 0 spiro atoms. The van der Waals surface area contributed by atoms with Gasteiger partial charge in [0.2, 0.25) is 15.9 Å². The van der Waals surface area contributed by atoms with Gasteiger partial charge in [0.05, 0.1) is 10.3 Å². The van der Waals surface area contributed by atoms with Gasteiger partial charge < -0.3 is 10.6 Å². The first-order valence-corrected chi connectivity index (χ1v) is 9.36. The van der Waals surface area contributed by atoms with Crippen LogP contribution in [0.1, 0.15) is 33.6 Å². The van der Waals surface area contributed by atoms with E-state index in [1.165, 1.54) is 12.1 Å². The normalized spacial score (nSPS) is 21.2. The predicted molar refractivity (Wildman–Crippen MR) is 98.0 cm³/mol. The van der Waals surface area contributed by atoms with Crippen LogP contribution in [0.5, 0.6) is 0 Å². The van der Waals surface area contributed by atoms with E-state index in [0.717, 1.165) is 19.4 Å². The number of amides is 1. The molecule has 1 heterocycles. The molecule has 6 nitrogen and oxygen atoms in total. The van der Waals surface area contributed by atoms with Crippen LogP contribution < -0.4 is 15.4 Å². The molecule has 24 heavy (non-hydrogen) atoms. The van der Waals surface area contributed by atoms with Gasteiger partial charge in [0, 0.05) is 18.3 Å². The Hall–Kier alpha value is -1.15. The lowest BCUT2D eigenvalue weighted by molar-refractivity contribution is -0.125. The Bertz CT molecular complexity index is 654. The van der Waals surface area contributed by atoms with Crippen molar-refractivity contribution in [2.75, 3.05) is 18.4 Å². The van der Waals surface area contributed by atoms with Crippen LogP contribution in [0.2, 0.25) is 0 Å². The molecule has 0 aromatic heterocycles. The number of benzene rings is 1.